The molecule has 2 rings (SSSR count). The number of thioether (sulfide) groups is 1. The van der Waals surface area contributed by atoms with Crippen LogP contribution in [0.15, 0.2) is 24.3 Å². The van der Waals surface area contributed by atoms with Gasteiger partial charge in [-0.3, -0.25) is 11.3 Å². The van der Waals surface area contributed by atoms with E-state index in [2.05, 4.69) is 38.3 Å². The molecule has 1 aliphatic carbocycles. The van der Waals surface area contributed by atoms with Crippen molar-refractivity contribution in [2.45, 2.75) is 50.5 Å². The summed E-state index contributed by atoms with van der Waals surface area (Å²) in [6, 6.07) is 8.43. The number of hydrazine groups is 1. The topological polar surface area (TPSA) is 47.3 Å². The summed E-state index contributed by atoms with van der Waals surface area (Å²) in [6.45, 7) is 6.66. The van der Waals surface area contributed by atoms with E-state index in [9.17, 15) is 0 Å². The zero-order valence-electron chi connectivity index (χ0n) is 12.0. The average Bonchev–Trinajstić information content (AvgIpc) is 3.13. The number of hydrogen-bond donors (Lipinski definition) is 2. The molecule has 1 unspecified atom stereocenters. The molecule has 0 saturated heterocycles. The van der Waals surface area contributed by atoms with Crippen molar-refractivity contribution in [2.75, 3.05) is 5.75 Å². The Balaban J connectivity index is 2.00. The molecule has 0 amide bonds. The van der Waals surface area contributed by atoms with Gasteiger partial charge in [0.25, 0.3) is 0 Å². The predicted molar refractivity (Wildman–Crippen MR) is 82.4 cm³/mol. The number of benzene rings is 1. The maximum Gasteiger partial charge on any atom is 0.120 e. The molecule has 1 atom stereocenters. The maximum atomic E-state index is 5.83. The third-order valence-corrected chi connectivity index (χ3v) is 4.34. The summed E-state index contributed by atoms with van der Waals surface area (Å²) >= 11 is 1.91. The molecular weight excluding hydrogens is 256 g/mol. The molecule has 3 N–H and O–H groups in total. The fourth-order valence-corrected chi connectivity index (χ4v) is 2.71. The first-order chi connectivity index (χ1) is 8.98. The Bertz CT molecular complexity index is 413. The number of nitrogens with two attached hydrogens (primary N) is 1. The molecular formula is C15H24N2OS. The lowest BCUT2D eigenvalue weighted by atomic mass is 10.1. The van der Waals surface area contributed by atoms with Gasteiger partial charge in [-0.15, -0.1) is 0 Å². The summed E-state index contributed by atoms with van der Waals surface area (Å²) < 4.78 is 6.08. The first-order valence-corrected chi connectivity index (χ1v) is 7.83. The Morgan fingerprint density at radius 1 is 1.42 bits per heavy atom. The monoisotopic (exact) mass is 280 g/mol. The van der Waals surface area contributed by atoms with Crippen LogP contribution in [-0.2, 0) is 0 Å². The molecule has 0 radical (unpaired) electrons. The highest BCUT2D eigenvalue weighted by Gasteiger charge is 2.24. The van der Waals surface area contributed by atoms with Gasteiger partial charge < -0.3 is 4.74 Å². The van der Waals surface area contributed by atoms with Crippen LogP contribution in [0.5, 0.6) is 5.75 Å². The van der Waals surface area contributed by atoms with Crippen molar-refractivity contribution in [1.29, 1.82) is 0 Å². The minimum absolute atomic E-state index is 0.159. The largest absolute Gasteiger partial charge is 0.490 e. The summed E-state index contributed by atoms with van der Waals surface area (Å²) in [5.41, 5.74) is 4.10. The van der Waals surface area contributed by atoms with E-state index in [1.54, 1.807) is 0 Å². The van der Waals surface area contributed by atoms with E-state index >= 15 is 0 Å². The zero-order chi connectivity index (χ0) is 13.9. The van der Waals surface area contributed by atoms with Crippen LogP contribution in [0.25, 0.3) is 0 Å². The molecule has 1 saturated carbocycles. The van der Waals surface area contributed by atoms with Gasteiger partial charge in [0.1, 0.15) is 5.75 Å². The van der Waals surface area contributed by atoms with Gasteiger partial charge in [-0.2, -0.15) is 11.8 Å². The van der Waals surface area contributed by atoms with Crippen LogP contribution >= 0.6 is 11.8 Å². The third-order valence-electron chi connectivity index (χ3n) is 2.97. The first-order valence-electron chi connectivity index (χ1n) is 6.84. The van der Waals surface area contributed by atoms with Crippen molar-refractivity contribution in [3.8, 4) is 5.75 Å². The van der Waals surface area contributed by atoms with Gasteiger partial charge in [0.15, 0.2) is 0 Å². The van der Waals surface area contributed by atoms with E-state index in [0.717, 1.165) is 11.5 Å². The fraction of sp³-hybridized carbons (Fsp3) is 0.600. The van der Waals surface area contributed by atoms with Gasteiger partial charge in [-0.05, 0) is 30.5 Å². The second-order valence-electron chi connectivity index (χ2n) is 6.03. The fourth-order valence-electron chi connectivity index (χ4n) is 1.76. The number of ether oxygens (including phenoxy) is 1. The average molecular weight is 280 g/mol. The maximum absolute atomic E-state index is 5.83. The highest BCUT2D eigenvalue weighted by atomic mass is 32.2. The van der Waals surface area contributed by atoms with Crippen molar-refractivity contribution in [2.24, 2.45) is 5.84 Å². The molecule has 0 heterocycles. The second-order valence-corrected chi connectivity index (χ2v) is 7.88. The quantitative estimate of drug-likeness (QED) is 0.620. The van der Waals surface area contributed by atoms with Crippen molar-refractivity contribution in [3.05, 3.63) is 29.8 Å². The van der Waals surface area contributed by atoms with Gasteiger partial charge in [0, 0.05) is 10.5 Å². The lowest BCUT2D eigenvalue weighted by Gasteiger charge is -2.23. The summed E-state index contributed by atoms with van der Waals surface area (Å²) in [5.74, 6) is 7.60. The van der Waals surface area contributed by atoms with Crippen LogP contribution in [-0.4, -0.2) is 16.6 Å². The second kappa shape index (κ2) is 6.16. The lowest BCUT2D eigenvalue weighted by Crippen LogP contribution is -2.30. The van der Waals surface area contributed by atoms with Gasteiger partial charge in [0.05, 0.1) is 12.1 Å². The van der Waals surface area contributed by atoms with Crippen LogP contribution in [0.1, 0.15) is 45.2 Å². The summed E-state index contributed by atoms with van der Waals surface area (Å²) in [4.78, 5) is 0. The van der Waals surface area contributed by atoms with Crippen molar-refractivity contribution >= 4 is 11.8 Å². The summed E-state index contributed by atoms with van der Waals surface area (Å²) in [6.07, 6.45) is 2.80. The van der Waals surface area contributed by atoms with Gasteiger partial charge in [0.2, 0.25) is 0 Å². The van der Waals surface area contributed by atoms with E-state index in [4.69, 9.17) is 10.6 Å². The minimum atomic E-state index is 0.159. The van der Waals surface area contributed by atoms with Gasteiger partial charge in [-0.1, -0.05) is 32.9 Å². The Labute approximate surface area is 120 Å². The first kappa shape index (κ1) is 14.7. The van der Waals surface area contributed by atoms with E-state index in [1.165, 1.54) is 18.4 Å². The smallest absolute Gasteiger partial charge is 0.120 e. The molecule has 106 valence electrons. The van der Waals surface area contributed by atoms with E-state index in [1.807, 2.05) is 23.9 Å². The summed E-state index contributed by atoms with van der Waals surface area (Å²) in [7, 11) is 0. The molecule has 1 fully saturated rings. The Hall–Kier alpha value is -0.710. The molecule has 0 aliphatic heterocycles. The molecule has 1 aliphatic rings. The minimum Gasteiger partial charge on any atom is -0.490 e. The van der Waals surface area contributed by atoms with E-state index < -0.39 is 0 Å². The van der Waals surface area contributed by atoms with E-state index in [0.29, 0.717) is 6.10 Å². The van der Waals surface area contributed by atoms with Crippen molar-refractivity contribution in [1.82, 2.24) is 5.43 Å². The molecule has 0 aromatic heterocycles. The molecule has 19 heavy (non-hydrogen) atoms. The van der Waals surface area contributed by atoms with Crippen molar-refractivity contribution in [3.63, 3.8) is 0 Å². The number of nitrogens with one attached hydrogen (secondary N) is 1. The standard InChI is InChI=1S/C15H24N2OS/c1-15(2,3)19-10-14(17-16)11-5-4-6-13(9-11)18-12-7-8-12/h4-6,9,12,14,17H,7-8,10,16H2,1-3H3. The van der Waals surface area contributed by atoms with Crippen LogP contribution in [0, 0.1) is 0 Å². The highest BCUT2D eigenvalue weighted by molar-refractivity contribution is 8.00. The van der Waals surface area contributed by atoms with Crippen LogP contribution < -0.4 is 16.0 Å². The Morgan fingerprint density at radius 3 is 2.74 bits per heavy atom. The highest BCUT2D eigenvalue weighted by Crippen LogP contribution is 2.31. The predicted octanol–water partition coefficient (Wildman–Crippen LogP) is 3.26. The normalized spacial score (nSPS) is 17.3. The SMILES string of the molecule is CC(C)(C)SCC(NN)c1cccc(OC2CC2)c1. The zero-order valence-corrected chi connectivity index (χ0v) is 12.8. The van der Waals surface area contributed by atoms with Crippen LogP contribution in [0.4, 0.5) is 0 Å². The van der Waals surface area contributed by atoms with Gasteiger partial charge >= 0.3 is 0 Å². The van der Waals surface area contributed by atoms with Crippen LogP contribution in [0.3, 0.4) is 0 Å². The molecule has 1 aromatic rings. The lowest BCUT2D eigenvalue weighted by molar-refractivity contribution is 0.302. The molecule has 3 nitrogen and oxygen atoms in total. The number of hydrogen-bond acceptors (Lipinski definition) is 4. The molecule has 1 aromatic carbocycles. The molecule has 0 bridgehead atoms. The Morgan fingerprint density at radius 2 is 2.16 bits per heavy atom. The third kappa shape index (κ3) is 5.05. The molecule has 4 heteroatoms. The van der Waals surface area contributed by atoms with Crippen LogP contribution in [0.2, 0.25) is 0 Å². The van der Waals surface area contributed by atoms with Crippen molar-refractivity contribution < 1.29 is 4.74 Å². The van der Waals surface area contributed by atoms with Gasteiger partial charge in [-0.25, -0.2) is 0 Å². The summed E-state index contributed by atoms with van der Waals surface area (Å²) in [5, 5.41) is 0. The Kier molecular flexibility index (Phi) is 4.76. The number of rotatable bonds is 6. The van der Waals surface area contributed by atoms with E-state index in [-0.39, 0.29) is 10.8 Å². The molecule has 0 spiro atoms.